The lowest BCUT2D eigenvalue weighted by Crippen LogP contribution is -2.10. The molecule has 0 radical (unpaired) electrons. The minimum absolute atomic E-state index is 0.239. The number of fused-ring (bicyclic) bond motifs is 1. The zero-order chi connectivity index (χ0) is 15.7. The molecule has 0 bridgehead atoms. The SMILES string of the molecule is COC(=O)c1cc(C)nc2nc(NC(=O)c3ccsc3)sc12. The van der Waals surface area contributed by atoms with E-state index in [1.807, 2.05) is 5.38 Å². The molecule has 3 rings (SSSR count). The molecule has 1 N–H and O–H groups in total. The molecule has 0 saturated carbocycles. The van der Waals surface area contributed by atoms with Gasteiger partial charge in [0.05, 0.1) is 22.9 Å². The van der Waals surface area contributed by atoms with Gasteiger partial charge in [-0.15, -0.1) is 0 Å². The van der Waals surface area contributed by atoms with E-state index in [2.05, 4.69) is 15.3 Å². The van der Waals surface area contributed by atoms with Crippen LogP contribution in [0.2, 0.25) is 0 Å². The molecule has 0 fully saturated rings. The number of methoxy groups -OCH3 is 1. The van der Waals surface area contributed by atoms with Crippen molar-refractivity contribution in [2.24, 2.45) is 0 Å². The van der Waals surface area contributed by atoms with Gasteiger partial charge in [0, 0.05) is 11.1 Å². The Morgan fingerprint density at radius 2 is 2.14 bits per heavy atom. The fourth-order valence-corrected chi connectivity index (χ4v) is 3.45. The molecule has 0 saturated heterocycles. The third-order valence-electron chi connectivity index (χ3n) is 2.90. The summed E-state index contributed by atoms with van der Waals surface area (Å²) in [6.07, 6.45) is 0. The first-order valence-corrected chi connectivity index (χ1v) is 8.04. The van der Waals surface area contributed by atoms with Crippen molar-refractivity contribution < 1.29 is 14.3 Å². The van der Waals surface area contributed by atoms with Crippen LogP contribution in [0.3, 0.4) is 0 Å². The van der Waals surface area contributed by atoms with Crippen molar-refractivity contribution in [3.8, 4) is 0 Å². The largest absolute Gasteiger partial charge is 0.465 e. The average Bonchev–Trinajstić information content (AvgIpc) is 3.14. The van der Waals surface area contributed by atoms with Crippen molar-refractivity contribution in [2.75, 3.05) is 12.4 Å². The van der Waals surface area contributed by atoms with Crippen LogP contribution in [0, 0.1) is 6.92 Å². The number of esters is 1. The van der Waals surface area contributed by atoms with E-state index < -0.39 is 5.97 Å². The minimum Gasteiger partial charge on any atom is -0.465 e. The Morgan fingerprint density at radius 3 is 2.82 bits per heavy atom. The number of aromatic nitrogens is 2. The van der Waals surface area contributed by atoms with E-state index in [0.29, 0.717) is 32.3 Å². The summed E-state index contributed by atoms with van der Waals surface area (Å²) in [6, 6.07) is 3.38. The van der Waals surface area contributed by atoms with Gasteiger partial charge in [0.2, 0.25) is 0 Å². The van der Waals surface area contributed by atoms with Crippen LogP contribution in [0.4, 0.5) is 5.13 Å². The number of hydrogen-bond acceptors (Lipinski definition) is 7. The lowest BCUT2D eigenvalue weighted by Gasteiger charge is -2.00. The molecule has 22 heavy (non-hydrogen) atoms. The van der Waals surface area contributed by atoms with Gasteiger partial charge in [-0.05, 0) is 24.4 Å². The van der Waals surface area contributed by atoms with Crippen LogP contribution < -0.4 is 5.32 Å². The van der Waals surface area contributed by atoms with E-state index in [4.69, 9.17) is 4.74 Å². The number of aryl methyl sites for hydroxylation is 1. The normalized spacial score (nSPS) is 10.6. The summed E-state index contributed by atoms with van der Waals surface area (Å²) in [7, 11) is 1.32. The molecular weight excluding hydrogens is 322 g/mol. The molecule has 0 aliphatic heterocycles. The number of carbonyl (C=O) groups is 2. The number of rotatable bonds is 3. The highest BCUT2D eigenvalue weighted by molar-refractivity contribution is 7.22. The minimum atomic E-state index is -0.449. The van der Waals surface area contributed by atoms with Crippen molar-refractivity contribution in [3.63, 3.8) is 0 Å². The summed E-state index contributed by atoms with van der Waals surface area (Å²) in [6.45, 7) is 1.77. The molecular formula is C14H11N3O3S2. The highest BCUT2D eigenvalue weighted by Crippen LogP contribution is 2.29. The Hall–Kier alpha value is -2.32. The molecule has 3 heterocycles. The summed E-state index contributed by atoms with van der Waals surface area (Å²) in [4.78, 5) is 32.4. The van der Waals surface area contributed by atoms with Gasteiger partial charge < -0.3 is 4.74 Å². The second-order valence-electron chi connectivity index (χ2n) is 4.44. The Bertz CT molecular complexity index is 856. The molecule has 0 atom stereocenters. The van der Waals surface area contributed by atoms with Crippen molar-refractivity contribution in [3.05, 3.63) is 39.7 Å². The Kier molecular flexibility index (Phi) is 3.86. The number of amides is 1. The number of nitrogens with one attached hydrogen (secondary N) is 1. The molecule has 8 heteroatoms. The van der Waals surface area contributed by atoms with Gasteiger partial charge >= 0.3 is 5.97 Å². The predicted octanol–water partition coefficient (Wildman–Crippen LogP) is 3.10. The number of nitrogens with zero attached hydrogens (tertiary/aromatic N) is 2. The zero-order valence-electron chi connectivity index (χ0n) is 11.7. The van der Waals surface area contributed by atoms with Gasteiger partial charge in [-0.3, -0.25) is 10.1 Å². The van der Waals surface area contributed by atoms with Crippen molar-refractivity contribution in [2.45, 2.75) is 6.92 Å². The number of carbonyl (C=O) groups excluding carboxylic acids is 2. The maximum Gasteiger partial charge on any atom is 0.339 e. The van der Waals surface area contributed by atoms with Gasteiger partial charge in [0.15, 0.2) is 10.8 Å². The Balaban J connectivity index is 1.99. The fraction of sp³-hybridized carbons (Fsp3) is 0.143. The predicted molar refractivity (Wildman–Crippen MR) is 85.8 cm³/mol. The second kappa shape index (κ2) is 5.82. The maximum atomic E-state index is 12.0. The van der Waals surface area contributed by atoms with Crippen LogP contribution in [0.1, 0.15) is 26.4 Å². The number of pyridine rings is 1. The van der Waals surface area contributed by atoms with E-state index in [9.17, 15) is 9.59 Å². The van der Waals surface area contributed by atoms with E-state index in [-0.39, 0.29) is 5.91 Å². The Labute approximate surface area is 133 Å². The van der Waals surface area contributed by atoms with Crippen molar-refractivity contribution in [1.82, 2.24) is 9.97 Å². The molecule has 0 aliphatic rings. The quantitative estimate of drug-likeness (QED) is 0.745. The van der Waals surface area contributed by atoms with Gasteiger partial charge in [0.1, 0.15) is 0 Å². The third kappa shape index (κ3) is 2.70. The van der Waals surface area contributed by atoms with Crippen LogP contribution in [-0.4, -0.2) is 29.0 Å². The molecule has 1 amide bonds. The fourth-order valence-electron chi connectivity index (χ4n) is 1.92. The molecule has 0 aromatic carbocycles. The topological polar surface area (TPSA) is 81.2 Å². The summed E-state index contributed by atoms with van der Waals surface area (Å²) in [5, 5.41) is 6.70. The van der Waals surface area contributed by atoms with E-state index in [1.54, 1.807) is 24.4 Å². The van der Waals surface area contributed by atoms with E-state index >= 15 is 0 Å². The van der Waals surface area contributed by atoms with Crippen LogP contribution in [0.25, 0.3) is 10.3 Å². The zero-order valence-corrected chi connectivity index (χ0v) is 13.4. The molecule has 0 spiro atoms. The molecule has 3 aromatic rings. The first kappa shape index (κ1) is 14.6. The van der Waals surface area contributed by atoms with Crippen LogP contribution in [0.5, 0.6) is 0 Å². The number of hydrogen-bond donors (Lipinski definition) is 1. The summed E-state index contributed by atoms with van der Waals surface area (Å²) >= 11 is 2.64. The lowest BCUT2D eigenvalue weighted by atomic mass is 10.2. The second-order valence-corrected chi connectivity index (χ2v) is 6.22. The molecule has 0 unspecified atom stereocenters. The smallest absolute Gasteiger partial charge is 0.339 e. The monoisotopic (exact) mass is 333 g/mol. The Morgan fingerprint density at radius 1 is 1.32 bits per heavy atom. The van der Waals surface area contributed by atoms with Crippen LogP contribution in [0.15, 0.2) is 22.9 Å². The first-order valence-electron chi connectivity index (χ1n) is 6.28. The van der Waals surface area contributed by atoms with E-state index in [0.717, 1.165) is 0 Å². The van der Waals surface area contributed by atoms with Crippen molar-refractivity contribution >= 4 is 50.0 Å². The number of ether oxygens (including phenoxy) is 1. The van der Waals surface area contributed by atoms with Crippen LogP contribution in [-0.2, 0) is 4.74 Å². The number of anilines is 1. The first-order chi connectivity index (χ1) is 10.6. The molecule has 112 valence electrons. The van der Waals surface area contributed by atoms with Gasteiger partial charge in [-0.25, -0.2) is 9.78 Å². The lowest BCUT2D eigenvalue weighted by molar-refractivity contribution is 0.0603. The molecule has 6 nitrogen and oxygen atoms in total. The third-order valence-corrected chi connectivity index (χ3v) is 4.58. The molecule has 0 aliphatic carbocycles. The van der Waals surface area contributed by atoms with Gasteiger partial charge in [0.25, 0.3) is 5.91 Å². The summed E-state index contributed by atoms with van der Waals surface area (Å²) in [5.41, 5.74) is 2.06. The highest BCUT2D eigenvalue weighted by atomic mass is 32.1. The van der Waals surface area contributed by atoms with E-state index in [1.165, 1.54) is 29.8 Å². The number of thiazole rings is 1. The van der Waals surface area contributed by atoms with Crippen molar-refractivity contribution in [1.29, 1.82) is 0 Å². The summed E-state index contributed by atoms with van der Waals surface area (Å²) in [5.74, 6) is -0.688. The summed E-state index contributed by atoms with van der Waals surface area (Å²) < 4.78 is 5.37. The van der Waals surface area contributed by atoms with Gasteiger partial charge in [-0.1, -0.05) is 11.3 Å². The maximum absolute atomic E-state index is 12.0. The molecule has 3 aromatic heterocycles. The average molecular weight is 333 g/mol. The number of thiophene rings is 1. The highest BCUT2D eigenvalue weighted by Gasteiger charge is 2.18. The van der Waals surface area contributed by atoms with Crippen LogP contribution >= 0.6 is 22.7 Å². The standard InChI is InChI=1S/C14H11N3O3S2/c1-7-5-9(13(19)20-2)10-11(15-7)16-14(22-10)17-12(18)8-3-4-21-6-8/h3-6H,1-2H3,(H,15,16,17,18). The van der Waals surface area contributed by atoms with Gasteiger partial charge in [-0.2, -0.15) is 16.3 Å².